The maximum Gasteiger partial charge on any atom is 0.227 e. The lowest BCUT2D eigenvalue weighted by molar-refractivity contribution is 0.620. The number of oxazole rings is 1. The Kier molecular flexibility index (Phi) is 6.78. The quantitative estimate of drug-likeness (QED) is 0.179. The normalized spacial score (nSPS) is 11.5. The predicted octanol–water partition coefficient (Wildman–Crippen LogP) is 12.9. The van der Waals surface area contributed by atoms with Crippen molar-refractivity contribution in [3.8, 4) is 28.3 Å². The van der Waals surface area contributed by atoms with Gasteiger partial charge in [-0.3, -0.25) is 0 Å². The molecule has 2 aromatic heterocycles. The SMILES string of the molecule is c1ccc(-n2c3ccccc3c3cc(N(c4ccc(-c5nc6ccccc6o5)cc4)c4ccc(-c5cccc6ccccc56)cc4)ccc32)cc1. The van der Waals surface area contributed by atoms with Crippen molar-refractivity contribution in [2.75, 3.05) is 4.90 Å². The Hall–Kier alpha value is -6.91. The highest BCUT2D eigenvalue weighted by molar-refractivity contribution is 6.10. The second-order valence-corrected chi connectivity index (χ2v) is 12.8. The molecule has 0 N–H and O–H groups in total. The molecule has 0 aliphatic rings. The first-order valence-electron chi connectivity index (χ1n) is 17.2. The molecular weight excluding hydrogens is 623 g/mol. The second kappa shape index (κ2) is 11.9. The molecule has 51 heavy (non-hydrogen) atoms. The molecule has 0 saturated carbocycles. The lowest BCUT2D eigenvalue weighted by Gasteiger charge is -2.26. The van der Waals surface area contributed by atoms with Gasteiger partial charge in [0.25, 0.3) is 0 Å². The van der Waals surface area contributed by atoms with E-state index in [2.05, 4.69) is 173 Å². The van der Waals surface area contributed by atoms with Crippen LogP contribution in [0.4, 0.5) is 17.1 Å². The molecule has 0 unspecified atom stereocenters. The molecule has 0 amide bonds. The third kappa shape index (κ3) is 4.96. The summed E-state index contributed by atoms with van der Waals surface area (Å²) in [5, 5.41) is 4.91. The summed E-state index contributed by atoms with van der Waals surface area (Å²) in [6, 6.07) is 66.4. The van der Waals surface area contributed by atoms with E-state index in [0.717, 1.165) is 39.4 Å². The van der Waals surface area contributed by atoms with E-state index in [9.17, 15) is 0 Å². The standard InChI is InChI=1S/C47H31N3O/c1-2-13-35(14-3-1)50-44-19-8-6-16-41(44)42-31-38(29-30-45(42)50)49(37-27-23-34(24-28-37)47-48-43-18-7-9-20-46(43)51-47)36-25-21-33(22-26-36)40-17-10-12-32-11-4-5-15-39(32)40/h1-31H. The number of hydrogen-bond donors (Lipinski definition) is 0. The van der Waals surface area contributed by atoms with Gasteiger partial charge < -0.3 is 13.9 Å². The lowest BCUT2D eigenvalue weighted by Crippen LogP contribution is -2.10. The van der Waals surface area contributed by atoms with Crippen LogP contribution in [0.15, 0.2) is 192 Å². The maximum absolute atomic E-state index is 6.11. The number of rotatable bonds is 6. The highest BCUT2D eigenvalue weighted by atomic mass is 16.3. The minimum Gasteiger partial charge on any atom is -0.436 e. The van der Waals surface area contributed by atoms with Gasteiger partial charge in [0.1, 0.15) is 5.52 Å². The van der Waals surface area contributed by atoms with Crippen molar-refractivity contribution in [2.45, 2.75) is 0 Å². The minimum atomic E-state index is 0.615. The van der Waals surface area contributed by atoms with Crippen molar-refractivity contribution in [1.29, 1.82) is 0 Å². The number of anilines is 3. The molecule has 0 fully saturated rings. The number of aromatic nitrogens is 2. The molecule has 10 rings (SSSR count). The number of hydrogen-bond acceptors (Lipinski definition) is 3. The van der Waals surface area contributed by atoms with E-state index in [4.69, 9.17) is 9.40 Å². The highest BCUT2D eigenvalue weighted by Crippen LogP contribution is 2.41. The molecule has 0 radical (unpaired) electrons. The zero-order valence-corrected chi connectivity index (χ0v) is 27.6. The molecule has 0 aliphatic heterocycles. The van der Waals surface area contributed by atoms with Crippen LogP contribution in [-0.4, -0.2) is 9.55 Å². The first-order chi connectivity index (χ1) is 25.3. The summed E-state index contributed by atoms with van der Waals surface area (Å²) in [7, 11) is 0. The molecule has 4 nitrogen and oxygen atoms in total. The molecule has 0 bridgehead atoms. The minimum absolute atomic E-state index is 0.615. The number of para-hydroxylation sites is 4. The van der Waals surface area contributed by atoms with Crippen LogP contribution < -0.4 is 4.90 Å². The fourth-order valence-corrected chi connectivity index (χ4v) is 7.42. The summed E-state index contributed by atoms with van der Waals surface area (Å²) in [6.07, 6.45) is 0. The summed E-state index contributed by atoms with van der Waals surface area (Å²) in [6.45, 7) is 0. The van der Waals surface area contributed by atoms with Gasteiger partial charge in [0.2, 0.25) is 5.89 Å². The molecule has 0 spiro atoms. The molecule has 2 heterocycles. The lowest BCUT2D eigenvalue weighted by atomic mass is 9.98. The van der Waals surface area contributed by atoms with Gasteiger partial charge in [-0.2, -0.15) is 0 Å². The van der Waals surface area contributed by atoms with Crippen LogP contribution in [0.5, 0.6) is 0 Å². The molecule has 240 valence electrons. The van der Waals surface area contributed by atoms with Gasteiger partial charge in [-0.25, -0.2) is 4.98 Å². The van der Waals surface area contributed by atoms with E-state index in [1.807, 2.05) is 24.3 Å². The van der Waals surface area contributed by atoms with Gasteiger partial charge in [-0.15, -0.1) is 0 Å². The van der Waals surface area contributed by atoms with Crippen molar-refractivity contribution in [3.63, 3.8) is 0 Å². The number of fused-ring (bicyclic) bond motifs is 5. The molecule has 10 aromatic rings. The first-order valence-corrected chi connectivity index (χ1v) is 17.2. The van der Waals surface area contributed by atoms with Crippen LogP contribution >= 0.6 is 0 Å². The van der Waals surface area contributed by atoms with Crippen LogP contribution in [0.2, 0.25) is 0 Å². The molecule has 0 saturated heterocycles. The van der Waals surface area contributed by atoms with Crippen LogP contribution in [0.1, 0.15) is 0 Å². The number of nitrogens with zero attached hydrogens (tertiary/aromatic N) is 3. The summed E-state index contributed by atoms with van der Waals surface area (Å²) in [5.74, 6) is 0.615. The topological polar surface area (TPSA) is 34.2 Å². The zero-order chi connectivity index (χ0) is 33.7. The van der Waals surface area contributed by atoms with Crippen LogP contribution in [0, 0.1) is 0 Å². The van der Waals surface area contributed by atoms with Gasteiger partial charge in [0.05, 0.1) is 11.0 Å². The van der Waals surface area contributed by atoms with E-state index in [1.165, 1.54) is 43.7 Å². The molecule has 0 aliphatic carbocycles. The summed E-state index contributed by atoms with van der Waals surface area (Å²) in [4.78, 5) is 7.07. The van der Waals surface area contributed by atoms with Gasteiger partial charge in [-0.1, -0.05) is 103 Å². The number of benzene rings is 8. The largest absolute Gasteiger partial charge is 0.436 e. The summed E-state index contributed by atoms with van der Waals surface area (Å²) < 4.78 is 8.46. The van der Waals surface area contributed by atoms with Gasteiger partial charge in [0, 0.05) is 39.1 Å². The van der Waals surface area contributed by atoms with Gasteiger partial charge in [0.15, 0.2) is 5.58 Å². The van der Waals surface area contributed by atoms with Crippen molar-refractivity contribution < 1.29 is 4.42 Å². The fourth-order valence-electron chi connectivity index (χ4n) is 7.42. The van der Waals surface area contributed by atoms with Crippen LogP contribution in [0.25, 0.3) is 71.9 Å². The predicted molar refractivity (Wildman–Crippen MR) is 211 cm³/mol. The van der Waals surface area contributed by atoms with E-state index < -0.39 is 0 Å². The van der Waals surface area contributed by atoms with Crippen LogP contribution in [-0.2, 0) is 0 Å². The molecule has 0 atom stereocenters. The van der Waals surface area contributed by atoms with E-state index >= 15 is 0 Å². The maximum atomic E-state index is 6.11. The van der Waals surface area contributed by atoms with Crippen LogP contribution in [0.3, 0.4) is 0 Å². The highest BCUT2D eigenvalue weighted by Gasteiger charge is 2.18. The summed E-state index contributed by atoms with van der Waals surface area (Å²) in [5.41, 5.74) is 11.7. The Morgan fingerprint density at radius 2 is 1.08 bits per heavy atom. The van der Waals surface area contributed by atoms with Gasteiger partial charge in [-0.05, 0) is 107 Å². The Bertz CT molecular complexity index is 2810. The van der Waals surface area contributed by atoms with E-state index in [-0.39, 0.29) is 0 Å². The van der Waals surface area contributed by atoms with Crippen molar-refractivity contribution in [2.24, 2.45) is 0 Å². The Balaban J connectivity index is 1.12. The zero-order valence-electron chi connectivity index (χ0n) is 27.6. The van der Waals surface area contributed by atoms with Gasteiger partial charge >= 0.3 is 0 Å². The van der Waals surface area contributed by atoms with Crippen molar-refractivity contribution in [3.05, 3.63) is 188 Å². The van der Waals surface area contributed by atoms with E-state index in [0.29, 0.717) is 5.89 Å². The third-order valence-corrected chi connectivity index (χ3v) is 9.82. The van der Waals surface area contributed by atoms with E-state index in [1.54, 1.807) is 0 Å². The molecule has 8 aromatic carbocycles. The monoisotopic (exact) mass is 653 g/mol. The molecular formula is C47H31N3O. The second-order valence-electron chi connectivity index (χ2n) is 12.8. The van der Waals surface area contributed by atoms with Crippen molar-refractivity contribution >= 4 is 60.7 Å². The Morgan fingerprint density at radius 1 is 0.451 bits per heavy atom. The average molecular weight is 654 g/mol. The summed E-state index contributed by atoms with van der Waals surface area (Å²) >= 11 is 0. The van der Waals surface area contributed by atoms with Crippen molar-refractivity contribution in [1.82, 2.24) is 9.55 Å². The average Bonchev–Trinajstić information content (AvgIpc) is 3.78. The third-order valence-electron chi connectivity index (χ3n) is 9.82. The Labute approximate surface area is 295 Å². The molecule has 4 heteroatoms. The fraction of sp³-hybridized carbons (Fsp3) is 0. The smallest absolute Gasteiger partial charge is 0.227 e. The Morgan fingerprint density at radius 3 is 1.88 bits per heavy atom. The first kappa shape index (κ1) is 29.0.